The number of benzene rings is 4. The Hall–Kier alpha value is -5.02. The number of amides is 1. The van der Waals surface area contributed by atoms with Crippen LogP contribution in [0.5, 0.6) is 5.75 Å². The lowest BCUT2D eigenvalue weighted by molar-refractivity contribution is -0.0498. The van der Waals surface area contributed by atoms with E-state index < -0.39 is 6.61 Å². The molecule has 1 aliphatic rings. The maximum Gasteiger partial charge on any atom is 0.414 e. The van der Waals surface area contributed by atoms with Gasteiger partial charge in [-0.05, 0) is 54.7 Å². The van der Waals surface area contributed by atoms with Crippen molar-refractivity contribution in [3.63, 3.8) is 0 Å². The van der Waals surface area contributed by atoms with Crippen molar-refractivity contribution < 1.29 is 23.0 Å². The number of alkyl halides is 2. The first kappa shape index (κ1) is 33.9. The van der Waals surface area contributed by atoms with Gasteiger partial charge in [0.1, 0.15) is 11.6 Å². The lowest BCUT2D eigenvalue weighted by Crippen LogP contribution is -2.29. The molecule has 6 rings (SSSR count). The summed E-state index contributed by atoms with van der Waals surface area (Å²) >= 11 is 0. The first-order valence-electron chi connectivity index (χ1n) is 17.0. The van der Waals surface area contributed by atoms with E-state index in [0.29, 0.717) is 26.1 Å². The predicted molar refractivity (Wildman–Crippen MR) is 189 cm³/mol. The largest absolute Gasteiger partial charge is 0.449 e. The van der Waals surface area contributed by atoms with Gasteiger partial charge in [0, 0.05) is 48.9 Å². The molecule has 1 amide bonds. The first-order chi connectivity index (χ1) is 23.9. The fraction of sp³-hybridized carbons (Fsp3) is 0.300. The zero-order valence-electron chi connectivity index (χ0n) is 27.9. The van der Waals surface area contributed by atoms with E-state index in [9.17, 15) is 13.6 Å². The number of anilines is 1. The SMILES string of the molecule is CCCCn1c(-c2ccccc2)nc(-c2ccccc2)c1CC(NCc1ccc2c(c1)CCN2C(=O)OCC)c1ccc(OC(F)F)cc1. The van der Waals surface area contributed by atoms with Crippen LogP contribution in [0.1, 0.15) is 55.1 Å². The number of nitrogens with one attached hydrogen (secondary N) is 1. The molecule has 9 heteroatoms. The molecule has 0 radical (unpaired) electrons. The molecule has 0 spiro atoms. The van der Waals surface area contributed by atoms with Crippen molar-refractivity contribution in [3.05, 3.63) is 126 Å². The third kappa shape index (κ3) is 8.00. The summed E-state index contributed by atoms with van der Waals surface area (Å²) < 4.78 is 38.3. The minimum atomic E-state index is -2.89. The Balaban J connectivity index is 1.37. The van der Waals surface area contributed by atoms with Gasteiger partial charge in [-0.25, -0.2) is 9.78 Å². The number of fused-ring (bicyclic) bond motifs is 1. The molecular formula is C40H42F2N4O3. The lowest BCUT2D eigenvalue weighted by atomic mass is 9.98. The number of hydrogen-bond acceptors (Lipinski definition) is 5. The van der Waals surface area contributed by atoms with E-state index in [2.05, 4.69) is 51.9 Å². The highest BCUT2D eigenvalue weighted by atomic mass is 19.3. The Labute approximate surface area is 286 Å². The van der Waals surface area contributed by atoms with Gasteiger partial charge in [0.05, 0.1) is 18.0 Å². The number of carbonyl (C=O) groups is 1. The van der Waals surface area contributed by atoms with Crippen molar-refractivity contribution in [1.82, 2.24) is 14.9 Å². The number of nitrogens with zero attached hydrogens (tertiary/aromatic N) is 3. The van der Waals surface area contributed by atoms with Gasteiger partial charge in [0.2, 0.25) is 0 Å². The number of carbonyl (C=O) groups excluding carboxylic acids is 1. The van der Waals surface area contributed by atoms with Crippen LogP contribution in [-0.2, 0) is 30.7 Å². The average molecular weight is 665 g/mol. The predicted octanol–water partition coefficient (Wildman–Crippen LogP) is 9.21. The third-order valence-electron chi connectivity index (χ3n) is 8.87. The minimum Gasteiger partial charge on any atom is -0.449 e. The lowest BCUT2D eigenvalue weighted by Gasteiger charge is -2.23. The number of aromatic nitrogens is 2. The summed E-state index contributed by atoms with van der Waals surface area (Å²) in [6.45, 7) is 3.40. The molecule has 49 heavy (non-hydrogen) atoms. The van der Waals surface area contributed by atoms with Crippen molar-refractivity contribution in [2.24, 2.45) is 0 Å². The molecule has 0 fully saturated rings. The number of unbranched alkanes of at least 4 members (excludes halogenated alkanes) is 1. The molecule has 0 saturated heterocycles. The smallest absolute Gasteiger partial charge is 0.414 e. The zero-order chi connectivity index (χ0) is 34.2. The van der Waals surface area contributed by atoms with Gasteiger partial charge < -0.3 is 19.4 Å². The second kappa shape index (κ2) is 15.9. The second-order valence-electron chi connectivity index (χ2n) is 12.1. The number of hydrogen-bond donors (Lipinski definition) is 1. The molecular weight excluding hydrogens is 622 g/mol. The Morgan fingerprint density at radius 1 is 0.918 bits per heavy atom. The Bertz CT molecular complexity index is 1830. The highest BCUT2D eigenvalue weighted by Gasteiger charge is 2.27. The van der Waals surface area contributed by atoms with E-state index in [4.69, 9.17) is 9.72 Å². The Morgan fingerprint density at radius 3 is 2.31 bits per heavy atom. The van der Waals surface area contributed by atoms with E-state index in [-0.39, 0.29) is 17.9 Å². The molecule has 5 aromatic rings. The summed E-state index contributed by atoms with van der Waals surface area (Å²) in [5, 5.41) is 3.78. The molecule has 4 aromatic carbocycles. The Morgan fingerprint density at radius 2 is 1.63 bits per heavy atom. The van der Waals surface area contributed by atoms with Gasteiger partial charge in [-0.2, -0.15) is 8.78 Å². The van der Waals surface area contributed by atoms with Crippen LogP contribution in [0.3, 0.4) is 0 Å². The van der Waals surface area contributed by atoms with Crippen LogP contribution < -0.4 is 15.0 Å². The van der Waals surface area contributed by atoms with E-state index in [1.54, 1.807) is 17.0 Å². The molecule has 0 saturated carbocycles. The van der Waals surface area contributed by atoms with Crippen molar-refractivity contribution in [3.8, 4) is 28.4 Å². The number of imidazole rings is 1. The Kier molecular flexibility index (Phi) is 11.0. The van der Waals surface area contributed by atoms with Gasteiger partial charge in [0.15, 0.2) is 0 Å². The summed E-state index contributed by atoms with van der Waals surface area (Å²) in [5.41, 5.74) is 8.13. The highest BCUT2D eigenvalue weighted by Crippen LogP contribution is 2.34. The van der Waals surface area contributed by atoms with Crippen molar-refractivity contribution in [1.29, 1.82) is 0 Å². The average Bonchev–Trinajstić information content (AvgIpc) is 3.71. The molecule has 1 aliphatic heterocycles. The quantitative estimate of drug-likeness (QED) is 0.128. The fourth-order valence-electron chi connectivity index (χ4n) is 6.47. The van der Waals surface area contributed by atoms with E-state index in [0.717, 1.165) is 76.5 Å². The van der Waals surface area contributed by atoms with Crippen LogP contribution >= 0.6 is 0 Å². The van der Waals surface area contributed by atoms with Crippen LogP contribution in [0.4, 0.5) is 19.3 Å². The molecule has 1 aromatic heterocycles. The summed E-state index contributed by atoms with van der Waals surface area (Å²) in [6, 6.07) is 33.4. The summed E-state index contributed by atoms with van der Waals surface area (Å²) in [4.78, 5) is 19.4. The van der Waals surface area contributed by atoms with Crippen LogP contribution in [0.15, 0.2) is 103 Å². The van der Waals surface area contributed by atoms with Crippen LogP contribution in [0.25, 0.3) is 22.6 Å². The number of halogens is 2. The van der Waals surface area contributed by atoms with Crippen molar-refractivity contribution >= 4 is 11.8 Å². The molecule has 1 N–H and O–H groups in total. The monoisotopic (exact) mass is 664 g/mol. The first-order valence-corrected chi connectivity index (χ1v) is 17.0. The maximum atomic E-state index is 13.0. The third-order valence-corrected chi connectivity index (χ3v) is 8.87. The van der Waals surface area contributed by atoms with E-state index in [1.165, 1.54) is 0 Å². The maximum absolute atomic E-state index is 13.0. The molecule has 0 bridgehead atoms. The van der Waals surface area contributed by atoms with Gasteiger partial charge in [-0.1, -0.05) is 98.3 Å². The van der Waals surface area contributed by atoms with Gasteiger partial charge >= 0.3 is 12.7 Å². The van der Waals surface area contributed by atoms with Crippen molar-refractivity contribution in [2.75, 3.05) is 18.1 Å². The van der Waals surface area contributed by atoms with Gasteiger partial charge in [-0.3, -0.25) is 4.90 Å². The van der Waals surface area contributed by atoms with Crippen molar-refractivity contribution in [2.45, 2.75) is 65.3 Å². The van der Waals surface area contributed by atoms with Gasteiger partial charge in [-0.15, -0.1) is 0 Å². The molecule has 1 atom stereocenters. The summed E-state index contributed by atoms with van der Waals surface area (Å²) in [7, 11) is 0. The van der Waals surface area contributed by atoms with E-state index in [1.807, 2.05) is 67.6 Å². The van der Waals surface area contributed by atoms with Gasteiger partial charge in [0.25, 0.3) is 0 Å². The summed E-state index contributed by atoms with van der Waals surface area (Å²) in [5.74, 6) is 1.04. The molecule has 0 aliphatic carbocycles. The fourth-order valence-corrected chi connectivity index (χ4v) is 6.47. The van der Waals surface area contributed by atoms with E-state index >= 15 is 0 Å². The molecule has 254 valence electrons. The number of rotatable bonds is 14. The molecule has 7 nitrogen and oxygen atoms in total. The molecule has 1 unspecified atom stereocenters. The normalized spacial score (nSPS) is 13.0. The molecule has 2 heterocycles. The van der Waals surface area contributed by atoms with Crippen LogP contribution in [0, 0.1) is 0 Å². The standard InChI is InChI=1S/C40H42F2N4O3/c1-3-5-23-45-36(37(30-12-8-6-9-13-30)44-38(45)31-14-10-7-11-15-31)26-34(29-17-19-33(20-18-29)49-39(41)42)43-27-28-16-21-35-32(25-28)22-24-46(35)40(47)48-4-2/h6-21,25,34,39,43H,3-5,22-24,26-27H2,1-2H3. The highest BCUT2D eigenvalue weighted by molar-refractivity contribution is 5.90. The van der Waals surface area contributed by atoms with Crippen LogP contribution in [-0.4, -0.2) is 35.4 Å². The topological polar surface area (TPSA) is 68.6 Å². The zero-order valence-corrected chi connectivity index (χ0v) is 27.9. The minimum absolute atomic E-state index is 0.117. The second-order valence-corrected chi connectivity index (χ2v) is 12.1. The number of ether oxygens (including phenoxy) is 2. The summed E-state index contributed by atoms with van der Waals surface area (Å²) in [6.07, 6.45) is 3.06. The van der Waals surface area contributed by atoms with Crippen LogP contribution in [0.2, 0.25) is 0 Å².